The maximum atomic E-state index is 12.5. The molecule has 0 fully saturated rings. The molecular formula is C23H24N4O3S. The van der Waals surface area contributed by atoms with Gasteiger partial charge in [0.1, 0.15) is 0 Å². The number of carbonyl (C=O) groups excluding carboxylic acids is 1. The Bertz CT molecular complexity index is 1210. The molecule has 3 heterocycles. The van der Waals surface area contributed by atoms with Gasteiger partial charge in [-0.15, -0.1) is 0 Å². The maximum absolute atomic E-state index is 12.5. The summed E-state index contributed by atoms with van der Waals surface area (Å²) in [5, 5.41) is 2.96. The standard InChI is InChI=1S/C23H24N4O3S/c1-16(26-23(28)18-5-3-10-24-14-18)17-7-8-22(31(2,29)30)21(13-17)27-12-9-20-19(15-27)6-4-11-25-20/h3-8,10-11,13-14,16H,9,12,15H2,1-2H3,(H,26,28). The molecule has 1 aliphatic rings. The van der Waals surface area contributed by atoms with Gasteiger partial charge in [-0.1, -0.05) is 12.1 Å². The van der Waals surface area contributed by atoms with Gasteiger partial charge in [0.25, 0.3) is 5.91 Å². The van der Waals surface area contributed by atoms with E-state index in [1.165, 1.54) is 12.5 Å². The summed E-state index contributed by atoms with van der Waals surface area (Å²) in [7, 11) is -3.42. The zero-order chi connectivity index (χ0) is 22.0. The number of amides is 1. The van der Waals surface area contributed by atoms with E-state index in [2.05, 4.69) is 20.2 Å². The van der Waals surface area contributed by atoms with E-state index < -0.39 is 9.84 Å². The second-order valence-electron chi connectivity index (χ2n) is 7.72. The lowest BCUT2D eigenvalue weighted by atomic mass is 10.0. The third-order valence-electron chi connectivity index (χ3n) is 5.46. The zero-order valence-electron chi connectivity index (χ0n) is 17.4. The highest BCUT2D eigenvalue weighted by atomic mass is 32.2. The van der Waals surface area contributed by atoms with E-state index in [0.29, 0.717) is 24.3 Å². The SMILES string of the molecule is CC(NC(=O)c1cccnc1)c1ccc(S(C)(=O)=O)c(N2CCc3ncccc3C2)c1. The monoisotopic (exact) mass is 436 g/mol. The summed E-state index contributed by atoms with van der Waals surface area (Å²) < 4.78 is 24.9. The molecule has 4 rings (SSSR count). The van der Waals surface area contributed by atoms with Crippen LogP contribution in [0.5, 0.6) is 0 Å². The summed E-state index contributed by atoms with van der Waals surface area (Å²) in [4.78, 5) is 23.3. The zero-order valence-corrected chi connectivity index (χ0v) is 18.3. The van der Waals surface area contributed by atoms with Crippen molar-refractivity contribution in [3.8, 4) is 0 Å². The number of anilines is 1. The van der Waals surface area contributed by atoms with E-state index in [1.54, 1.807) is 36.7 Å². The second kappa shape index (κ2) is 8.47. The molecule has 0 radical (unpaired) electrons. The van der Waals surface area contributed by atoms with Gasteiger partial charge in [-0.05, 0) is 48.4 Å². The predicted molar refractivity (Wildman–Crippen MR) is 119 cm³/mol. The third kappa shape index (κ3) is 4.59. The molecule has 1 atom stereocenters. The third-order valence-corrected chi connectivity index (χ3v) is 6.60. The number of hydrogen-bond acceptors (Lipinski definition) is 6. The minimum absolute atomic E-state index is 0.229. The Morgan fingerprint density at radius 2 is 1.97 bits per heavy atom. The summed E-state index contributed by atoms with van der Waals surface area (Å²) in [5.41, 5.74) is 4.10. The highest BCUT2D eigenvalue weighted by Crippen LogP contribution is 2.32. The number of sulfone groups is 1. The van der Waals surface area contributed by atoms with Crippen LogP contribution in [0.25, 0.3) is 0 Å². The number of benzene rings is 1. The molecule has 0 saturated heterocycles. The van der Waals surface area contributed by atoms with Crippen LogP contribution >= 0.6 is 0 Å². The van der Waals surface area contributed by atoms with E-state index in [4.69, 9.17) is 0 Å². The van der Waals surface area contributed by atoms with Crippen LogP contribution in [0.2, 0.25) is 0 Å². The number of aromatic nitrogens is 2. The number of rotatable bonds is 5. The number of carbonyl (C=O) groups is 1. The molecule has 0 saturated carbocycles. The molecule has 1 unspecified atom stereocenters. The molecule has 0 aliphatic carbocycles. The average molecular weight is 437 g/mol. The Morgan fingerprint density at radius 1 is 1.16 bits per heavy atom. The van der Waals surface area contributed by atoms with Gasteiger partial charge in [0, 0.05) is 50.1 Å². The van der Waals surface area contributed by atoms with Crippen LogP contribution in [0, 0.1) is 0 Å². The van der Waals surface area contributed by atoms with Crippen molar-refractivity contribution in [2.45, 2.75) is 30.8 Å². The molecule has 2 aromatic heterocycles. The van der Waals surface area contributed by atoms with Gasteiger partial charge in [-0.25, -0.2) is 8.42 Å². The Balaban J connectivity index is 1.65. The Morgan fingerprint density at radius 3 is 2.71 bits per heavy atom. The van der Waals surface area contributed by atoms with Gasteiger partial charge in [0.2, 0.25) is 0 Å². The van der Waals surface area contributed by atoms with Crippen molar-refractivity contribution in [2.24, 2.45) is 0 Å². The molecule has 1 aliphatic heterocycles. The van der Waals surface area contributed by atoms with Crippen molar-refractivity contribution in [1.29, 1.82) is 0 Å². The maximum Gasteiger partial charge on any atom is 0.253 e. The second-order valence-corrected chi connectivity index (χ2v) is 9.70. The topological polar surface area (TPSA) is 92.3 Å². The quantitative estimate of drug-likeness (QED) is 0.661. The summed E-state index contributed by atoms with van der Waals surface area (Å²) >= 11 is 0. The Hall–Kier alpha value is -3.26. The van der Waals surface area contributed by atoms with Crippen LogP contribution in [0.1, 0.15) is 40.1 Å². The van der Waals surface area contributed by atoms with Gasteiger partial charge in [-0.3, -0.25) is 14.8 Å². The van der Waals surface area contributed by atoms with Gasteiger partial charge in [-0.2, -0.15) is 0 Å². The van der Waals surface area contributed by atoms with Crippen molar-refractivity contribution >= 4 is 21.4 Å². The van der Waals surface area contributed by atoms with E-state index in [9.17, 15) is 13.2 Å². The Kier molecular flexibility index (Phi) is 5.73. The van der Waals surface area contributed by atoms with Crippen molar-refractivity contribution in [2.75, 3.05) is 17.7 Å². The van der Waals surface area contributed by atoms with E-state index in [-0.39, 0.29) is 16.8 Å². The summed E-state index contributed by atoms with van der Waals surface area (Å²) in [6.45, 7) is 3.14. The highest BCUT2D eigenvalue weighted by Gasteiger charge is 2.24. The summed E-state index contributed by atoms with van der Waals surface area (Å²) in [6, 6.07) is 12.3. The van der Waals surface area contributed by atoms with Crippen LogP contribution in [0.4, 0.5) is 5.69 Å². The summed E-state index contributed by atoms with van der Waals surface area (Å²) in [6.07, 6.45) is 6.88. The first kappa shape index (κ1) is 21.0. The molecule has 160 valence electrons. The fraction of sp³-hybridized carbons (Fsp3) is 0.261. The first-order chi connectivity index (χ1) is 14.8. The van der Waals surface area contributed by atoms with Crippen molar-refractivity contribution in [3.05, 3.63) is 83.4 Å². The van der Waals surface area contributed by atoms with E-state index in [1.807, 2.05) is 25.1 Å². The van der Waals surface area contributed by atoms with Crippen LogP contribution in [0.15, 0.2) is 66.0 Å². The fourth-order valence-electron chi connectivity index (χ4n) is 3.80. The van der Waals surface area contributed by atoms with Crippen molar-refractivity contribution in [3.63, 3.8) is 0 Å². The van der Waals surface area contributed by atoms with Crippen LogP contribution in [0.3, 0.4) is 0 Å². The number of fused-ring (bicyclic) bond motifs is 1. The van der Waals surface area contributed by atoms with Gasteiger partial charge < -0.3 is 10.2 Å². The van der Waals surface area contributed by atoms with Gasteiger partial charge in [0.05, 0.1) is 22.2 Å². The molecule has 1 N–H and O–H groups in total. The lowest BCUT2D eigenvalue weighted by molar-refractivity contribution is 0.0939. The molecule has 8 heteroatoms. The number of nitrogens with one attached hydrogen (secondary N) is 1. The smallest absolute Gasteiger partial charge is 0.253 e. The molecule has 3 aromatic rings. The molecule has 1 amide bonds. The lowest BCUT2D eigenvalue weighted by Crippen LogP contribution is -2.32. The highest BCUT2D eigenvalue weighted by molar-refractivity contribution is 7.90. The summed E-state index contributed by atoms with van der Waals surface area (Å²) in [5.74, 6) is -0.229. The lowest BCUT2D eigenvalue weighted by Gasteiger charge is -2.32. The average Bonchev–Trinajstić information content (AvgIpc) is 2.78. The van der Waals surface area contributed by atoms with Gasteiger partial charge in [0.15, 0.2) is 9.84 Å². The number of hydrogen-bond donors (Lipinski definition) is 1. The van der Waals surface area contributed by atoms with Crippen LogP contribution < -0.4 is 10.2 Å². The molecule has 0 bridgehead atoms. The first-order valence-electron chi connectivity index (χ1n) is 10.1. The first-order valence-corrected chi connectivity index (χ1v) is 11.9. The van der Waals surface area contributed by atoms with Crippen LogP contribution in [-0.4, -0.2) is 37.1 Å². The molecule has 1 aromatic carbocycles. The largest absolute Gasteiger partial charge is 0.366 e. The van der Waals surface area contributed by atoms with Crippen molar-refractivity contribution < 1.29 is 13.2 Å². The van der Waals surface area contributed by atoms with Crippen molar-refractivity contribution in [1.82, 2.24) is 15.3 Å². The number of pyridine rings is 2. The minimum Gasteiger partial charge on any atom is -0.366 e. The normalized spacial score (nSPS) is 14.6. The van der Waals surface area contributed by atoms with Gasteiger partial charge >= 0.3 is 0 Å². The molecule has 7 nitrogen and oxygen atoms in total. The van der Waals surface area contributed by atoms with Crippen LogP contribution in [-0.2, 0) is 22.8 Å². The Labute approximate surface area is 182 Å². The number of nitrogens with zero attached hydrogens (tertiary/aromatic N) is 3. The van der Waals surface area contributed by atoms with E-state index in [0.717, 1.165) is 23.2 Å². The van der Waals surface area contributed by atoms with E-state index >= 15 is 0 Å². The minimum atomic E-state index is -3.42. The fourth-order valence-corrected chi connectivity index (χ4v) is 4.68. The predicted octanol–water partition coefficient (Wildman–Crippen LogP) is 2.93. The molecular weight excluding hydrogens is 412 g/mol. The molecule has 31 heavy (non-hydrogen) atoms. The molecule has 0 spiro atoms.